The summed E-state index contributed by atoms with van der Waals surface area (Å²) in [5.74, 6) is 0. The molecule has 0 aromatic rings. The first-order valence-electron chi connectivity index (χ1n) is 3.22. The fraction of sp³-hybridized carbons (Fsp3) is 0.375. The van der Waals surface area contributed by atoms with Crippen molar-refractivity contribution in [2.24, 2.45) is 0 Å². The molecule has 1 heteroatoms. The molecule has 0 bridgehead atoms. The summed E-state index contributed by atoms with van der Waals surface area (Å²) >= 11 is 1.12. The van der Waals surface area contributed by atoms with Crippen LogP contribution in [0.1, 0.15) is 19.8 Å². The molecule has 0 saturated carbocycles. The monoisotopic (exact) mass is 148 g/mol. The van der Waals surface area contributed by atoms with Crippen LogP contribution in [-0.4, -0.2) is 37.9 Å². The topological polar surface area (TPSA) is 0 Å². The normalized spacial score (nSPS) is 15.7. The van der Waals surface area contributed by atoms with Crippen molar-refractivity contribution in [3.63, 3.8) is 0 Å². The Kier molecular flexibility index (Phi) is 7.18. The van der Waals surface area contributed by atoms with Crippen molar-refractivity contribution in [3.8, 4) is 0 Å². The van der Waals surface area contributed by atoms with Crippen molar-refractivity contribution in [3.05, 3.63) is 23.8 Å². The molecule has 0 radical (unpaired) electrons. The van der Waals surface area contributed by atoms with E-state index in [2.05, 4.69) is 27.7 Å². The predicted molar refractivity (Wildman–Crippen MR) is 45.0 cm³/mol. The summed E-state index contributed by atoms with van der Waals surface area (Å²) in [6.45, 7) is 2.17. The molecule has 0 N–H and O–H groups in total. The van der Waals surface area contributed by atoms with Crippen LogP contribution in [0.25, 0.3) is 0 Å². The van der Waals surface area contributed by atoms with E-state index >= 15 is 0 Å². The van der Waals surface area contributed by atoms with E-state index in [1.54, 1.807) is 0 Å². The molecule has 46 valence electrons. The van der Waals surface area contributed by atoms with E-state index < -0.39 is 0 Å². The molecule has 0 unspecified atom stereocenters. The predicted octanol–water partition coefficient (Wildman–Crippen LogP) is 1.87. The van der Waals surface area contributed by atoms with Crippen LogP contribution in [0.15, 0.2) is 23.8 Å². The van der Waals surface area contributed by atoms with Gasteiger partial charge in [-0.2, -0.15) is 0 Å². The van der Waals surface area contributed by atoms with Crippen LogP contribution in [0, 0.1) is 0 Å². The van der Waals surface area contributed by atoms with Crippen LogP contribution in [0.2, 0.25) is 0 Å². The van der Waals surface area contributed by atoms with Gasteiger partial charge in [0.25, 0.3) is 0 Å². The second-order valence-electron chi connectivity index (χ2n) is 1.98. The third-order valence-corrected chi connectivity index (χ3v) is 1.22. The molecule has 0 spiro atoms. The molecule has 0 nitrogen and oxygen atoms in total. The second kappa shape index (κ2) is 6.73. The second-order valence-corrected chi connectivity index (χ2v) is 1.98. The Bertz CT molecular complexity index is 123. The maximum atomic E-state index is 3.38. The van der Waals surface area contributed by atoms with E-state index in [0.717, 1.165) is 35.3 Å². The van der Waals surface area contributed by atoms with E-state index in [9.17, 15) is 0 Å². The van der Waals surface area contributed by atoms with Gasteiger partial charge in [0.05, 0.1) is 0 Å². The minimum absolute atomic E-state index is 1.12. The van der Waals surface area contributed by atoms with Gasteiger partial charge in [-0.3, -0.25) is 0 Å². The first-order valence-corrected chi connectivity index (χ1v) is 4.78. The maximum absolute atomic E-state index is 3.38. The third kappa shape index (κ3) is 5.07. The molecule has 0 amide bonds. The molecule has 0 heterocycles. The van der Waals surface area contributed by atoms with Crippen molar-refractivity contribution in [2.75, 3.05) is 0 Å². The Balaban J connectivity index is 0.000000291. The van der Waals surface area contributed by atoms with Crippen molar-refractivity contribution < 1.29 is 0 Å². The Morgan fingerprint density at radius 3 is 2.44 bits per heavy atom. The molecule has 1 aliphatic carbocycles. The molecule has 0 saturated heterocycles. The average molecular weight is 148 g/mol. The summed E-state index contributed by atoms with van der Waals surface area (Å²) < 4.78 is 3.38. The van der Waals surface area contributed by atoms with Gasteiger partial charge in [-0.05, 0) is 19.8 Å². The molecule has 0 atom stereocenters. The van der Waals surface area contributed by atoms with E-state index in [1.165, 1.54) is 18.4 Å². The summed E-state index contributed by atoms with van der Waals surface area (Å²) in [5, 5.41) is 0. The Morgan fingerprint density at radius 2 is 2.22 bits per heavy atom. The van der Waals surface area contributed by atoms with E-state index in [-0.39, 0.29) is 0 Å². The van der Waals surface area contributed by atoms with Crippen LogP contribution in [0.3, 0.4) is 0 Å². The zero-order valence-electron chi connectivity index (χ0n) is 6.06. The zero-order chi connectivity index (χ0) is 7.11. The first-order chi connectivity index (χ1) is 4.39. The molecule has 1 aliphatic rings. The van der Waals surface area contributed by atoms with Gasteiger partial charge >= 0.3 is 37.9 Å². The van der Waals surface area contributed by atoms with Crippen molar-refractivity contribution >= 4 is 37.9 Å². The van der Waals surface area contributed by atoms with E-state index in [0.29, 0.717) is 0 Å². The summed E-state index contributed by atoms with van der Waals surface area (Å²) in [6.07, 6.45) is 8.99. The molecular formula is C8H12Ca. The van der Waals surface area contributed by atoms with Gasteiger partial charge in [-0.1, -0.05) is 23.8 Å². The summed E-state index contributed by atoms with van der Waals surface area (Å²) in [7, 11) is 0. The Morgan fingerprint density at radius 1 is 1.56 bits per heavy atom. The Labute approximate surface area is 80.7 Å². The van der Waals surface area contributed by atoms with E-state index in [4.69, 9.17) is 0 Å². The van der Waals surface area contributed by atoms with Crippen molar-refractivity contribution in [1.29, 1.82) is 0 Å². The molecule has 9 heavy (non-hydrogen) atoms. The van der Waals surface area contributed by atoms with Gasteiger partial charge in [0.2, 0.25) is 0 Å². The van der Waals surface area contributed by atoms with Crippen LogP contribution in [0.4, 0.5) is 0 Å². The number of rotatable bonds is 0. The number of hydrogen-bond acceptors (Lipinski definition) is 0. The summed E-state index contributed by atoms with van der Waals surface area (Å²) in [4.78, 5) is 0. The Hall–Kier alpha value is 0.610. The quantitative estimate of drug-likeness (QED) is 0.460. The van der Waals surface area contributed by atoms with Gasteiger partial charge in [-0.15, -0.1) is 0 Å². The molecule has 0 aliphatic heterocycles. The molecule has 0 fully saturated rings. The van der Waals surface area contributed by atoms with Gasteiger partial charge in [-0.25, -0.2) is 0 Å². The van der Waals surface area contributed by atoms with Crippen molar-refractivity contribution in [2.45, 2.75) is 19.8 Å². The fourth-order valence-electron chi connectivity index (χ4n) is 0.723. The third-order valence-electron chi connectivity index (χ3n) is 1.22. The van der Waals surface area contributed by atoms with Gasteiger partial charge in [0, 0.05) is 0 Å². The average Bonchev–Trinajstić information content (AvgIpc) is 1.94. The van der Waals surface area contributed by atoms with Crippen LogP contribution < -0.4 is 0 Å². The van der Waals surface area contributed by atoms with Crippen LogP contribution in [-0.2, 0) is 0 Å². The SMILES string of the molecule is CC1=CC=CCC1.[CH2]=[Ca]. The van der Waals surface area contributed by atoms with Gasteiger partial charge in [0.1, 0.15) is 0 Å². The molecular weight excluding hydrogens is 136 g/mol. The van der Waals surface area contributed by atoms with Crippen LogP contribution >= 0.6 is 0 Å². The number of allylic oxidation sites excluding steroid dienone is 4. The van der Waals surface area contributed by atoms with Gasteiger partial charge < -0.3 is 0 Å². The molecule has 0 aromatic carbocycles. The minimum atomic E-state index is 1.12. The summed E-state index contributed by atoms with van der Waals surface area (Å²) in [6, 6.07) is 0. The summed E-state index contributed by atoms with van der Waals surface area (Å²) in [5.41, 5.74) is 1.50. The number of hydrogen-bond donors (Lipinski definition) is 0. The van der Waals surface area contributed by atoms with Gasteiger partial charge in [0.15, 0.2) is 0 Å². The zero-order valence-corrected chi connectivity index (χ0v) is 8.27. The standard InChI is InChI=1S/C7H10.CH2.Ca/c1-7-5-3-2-4-6-7;;/h2-3,5H,4,6H2,1H3;1H2;. The van der Waals surface area contributed by atoms with Crippen molar-refractivity contribution in [1.82, 2.24) is 0 Å². The fourth-order valence-corrected chi connectivity index (χ4v) is 0.723. The van der Waals surface area contributed by atoms with Crippen LogP contribution in [0.5, 0.6) is 0 Å². The molecule has 1 rings (SSSR count). The first kappa shape index (κ1) is 9.61. The molecule has 0 aromatic heterocycles. The van der Waals surface area contributed by atoms with E-state index in [1.807, 2.05) is 0 Å².